The lowest BCUT2D eigenvalue weighted by Crippen LogP contribution is -2.59. The summed E-state index contributed by atoms with van der Waals surface area (Å²) in [7, 11) is 0. The van der Waals surface area contributed by atoms with E-state index in [0.29, 0.717) is 5.41 Å². The zero-order valence-electron chi connectivity index (χ0n) is 10.9. The van der Waals surface area contributed by atoms with Crippen LogP contribution in [0.15, 0.2) is 24.3 Å². The Labute approximate surface area is 110 Å². The van der Waals surface area contributed by atoms with Gasteiger partial charge >= 0.3 is 0 Å². The number of hydrogen-bond acceptors (Lipinski definition) is 1. The van der Waals surface area contributed by atoms with Crippen molar-refractivity contribution in [3.05, 3.63) is 35.4 Å². The Balaban J connectivity index is 0.000001000. The maximum atomic E-state index is 3.79. The molecule has 1 saturated carbocycles. The van der Waals surface area contributed by atoms with Gasteiger partial charge in [-0.15, -0.1) is 0 Å². The Kier molecular flexibility index (Phi) is 2.95. The highest BCUT2D eigenvalue weighted by molar-refractivity contribution is 5.41. The van der Waals surface area contributed by atoms with E-state index in [1.807, 2.05) is 0 Å². The second-order valence-corrected chi connectivity index (χ2v) is 6.18. The number of fused-ring (bicyclic) bond motifs is 1. The van der Waals surface area contributed by atoms with Gasteiger partial charge in [0.15, 0.2) is 0 Å². The van der Waals surface area contributed by atoms with Crippen LogP contribution < -0.4 is 11.5 Å². The highest BCUT2D eigenvalue weighted by atomic mass is 15.0. The summed E-state index contributed by atoms with van der Waals surface area (Å²) in [4.78, 5) is 0. The van der Waals surface area contributed by atoms with Crippen molar-refractivity contribution in [2.45, 2.75) is 50.0 Å². The van der Waals surface area contributed by atoms with Gasteiger partial charge in [0.1, 0.15) is 0 Å². The number of benzene rings is 1. The fourth-order valence-electron chi connectivity index (χ4n) is 4.89. The Morgan fingerprint density at radius 1 is 1.11 bits per heavy atom. The fourth-order valence-corrected chi connectivity index (χ4v) is 4.89. The van der Waals surface area contributed by atoms with E-state index in [-0.39, 0.29) is 6.15 Å². The van der Waals surface area contributed by atoms with Crippen LogP contribution in [0.25, 0.3) is 0 Å². The van der Waals surface area contributed by atoms with Crippen LogP contribution in [0.3, 0.4) is 0 Å². The van der Waals surface area contributed by atoms with E-state index in [2.05, 4.69) is 29.6 Å². The molecule has 2 heteroatoms. The van der Waals surface area contributed by atoms with Gasteiger partial charge in [0.2, 0.25) is 0 Å². The SMILES string of the molecule is [N].c1ccc2c(c1)C[C@H]1NCC[C@@]23CCCC[C@@H]13. The lowest BCUT2D eigenvalue weighted by molar-refractivity contribution is 0.0798. The molecule has 3 aliphatic rings. The Hall–Kier alpha value is -0.860. The first kappa shape index (κ1) is 12.2. The third kappa shape index (κ3) is 1.49. The largest absolute Gasteiger partial charge is 0.313 e. The molecule has 1 saturated heterocycles. The second kappa shape index (κ2) is 4.36. The smallest absolute Gasteiger partial charge is 0.0144 e. The Morgan fingerprint density at radius 2 is 2.00 bits per heavy atom. The molecular formula is C16H21N2. The van der Waals surface area contributed by atoms with E-state index in [1.165, 1.54) is 45.1 Å². The van der Waals surface area contributed by atoms with Crippen LogP contribution in [0.5, 0.6) is 0 Å². The summed E-state index contributed by atoms with van der Waals surface area (Å²) in [5.41, 5.74) is 3.88. The van der Waals surface area contributed by atoms with Crippen molar-refractivity contribution in [1.82, 2.24) is 11.5 Å². The summed E-state index contributed by atoms with van der Waals surface area (Å²) in [5.74, 6) is 0.917. The third-order valence-electron chi connectivity index (χ3n) is 5.55. The van der Waals surface area contributed by atoms with Crippen molar-refractivity contribution in [1.29, 1.82) is 0 Å². The lowest BCUT2D eigenvalue weighted by Gasteiger charge is -2.56. The zero-order chi connectivity index (χ0) is 11.3. The summed E-state index contributed by atoms with van der Waals surface area (Å²) in [6.07, 6.45) is 8.41. The molecule has 18 heavy (non-hydrogen) atoms. The molecule has 3 atom stereocenters. The molecule has 95 valence electrons. The molecule has 1 aliphatic heterocycles. The van der Waals surface area contributed by atoms with Gasteiger partial charge in [0.25, 0.3) is 0 Å². The normalized spacial score (nSPS) is 37.1. The predicted molar refractivity (Wildman–Crippen MR) is 72.3 cm³/mol. The number of nitrogens with zero attached hydrogens (tertiary/aromatic N) is 1. The average molecular weight is 241 g/mol. The minimum absolute atomic E-state index is 0. The van der Waals surface area contributed by atoms with Crippen molar-refractivity contribution in [3.63, 3.8) is 0 Å². The van der Waals surface area contributed by atoms with Crippen LogP contribution in [0.2, 0.25) is 0 Å². The first-order valence-corrected chi connectivity index (χ1v) is 7.22. The Morgan fingerprint density at radius 3 is 2.94 bits per heavy atom. The molecule has 0 unspecified atom stereocenters. The quantitative estimate of drug-likeness (QED) is 0.745. The maximum absolute atomic E-state index is 3.79. The third-order valence-corrected chi connectivity index (χ3v) is 5.55. The highest BCUT2D eigenvalue weighted by Gasteiger charge is 2.51. The molecule has 2 bridgehead atoms. The summed E-state index contributed by atoms with van der Waals surface area (Å²) in [5, 5.41) is 3.79. The first-order valence-electron chi connectivity index (χ1n) is 7.22. The van der Waals surface area contributed by atoms with E-state index >= 15 is 0 Å². The minimum Gasteiger partial charge on any atom is -0.313 e. The minimum atomic E-state index is 0. The topological polar surface area (TPSA) is 42.5 Å². The number of rotatable bonds is 0. The van der Waals surface area contributed by atoms with Crippen LogP contribution in [0.1, 0.15) is 43.2 Å². The summed E-state index contributed by atoms with van der Waals surface area (Å²) in [6.45, 7) is 1.23. The van der Waals surface area contributed by atoms with Gasteiger partial charge in [-0.25, -0.2) is 0 Å². The molecule has 1 aromatic carbocycles. The van der Waals surface area contributed by atoms with E-state index in [9.17, 15) is 0 Å². The molecule has 4 rings (SSSR count). The molecule has 1 N–H and O–H groups in total. The van der Waals surface area contributed by atoms with E-state index < -0.39 is 0 Å². The van der Waals surface area contributed by atoms with Gasteiger partial charge in [-0.1, -0.05) is 37.1 Å². The van der Waals surface area contributed by atoms with Crippen LogP contribution in [-0.2, 0) is 11.8 Å². The van der Waals surface area contributed by atoms with Crippen molar-refractivity contribution < 1.29 is 0 Å². The van der Waals surface area contributed by atoms with Crippen LogP contribution in [0.4, 0.5) is 0 Å². The standard InChI is InChI=1S/C16H21N.N/c1-2-6-13-12(5-1)11-15-14-7-3-4-8-16(13,14)9-10-17-15;/h1-2,5-6,14-15,17H,3-4,7-11H2;/t14-,15+,16-;/m0./s1. The molecule has 0 aromatic heterocycles. The van der Waals surface area contributed by atoms with E-state index in [4.69, 9.17) is 0 Å². The number of hydrogen-bond donors (Lipinski definition) is 1. The fraction of sp³-hybridized carbons (Fsp3) is 0.625. The van der Waals surface area contributed by atoms with Crippen molar-refractivity contribution in [2.24, 2.45) is 5.92 Å². The van der Waals surface area contributed by atoms with Gasteiger partial charge in [0, 0.05) is 17.6 Å². The molecule has 0 amide bonds. The number of nitrogens with one attached hydrogen (secondary N) is 1. The lowest BCUT2D eigenvalue weighted by atomic mass is 9.53. The number of piperidine rings is 1. The van der Waals surface area contributed by atoms with Gasteiger partial charge in [-0.3, -0.25) is 0 Å². The Bertz CT molecular complexity index is 438. The van der Waals surface area contributed by atoms with Crippen LogP contribution in [0, 0.1) is 5.92 Å². The molecule has 0 spiro atoms. The van der Waals surface area contributed by atoms with Crippen LogP contribution >= 0.6 is 0 Å². The summed E-state index contributed by atoms with van der Waals surface area (Å²) in [6, 6.07) is 10.0. The van der Waals surface area contributed by atoms with E-state index in [0.717, 1.165) is 12.0 Å². The zero-order valence-corrected chi connectivity index (χ0v) is 10.9. The van der Waals surface area contributed by atoms with Crippen LogP contribution in [-0.4, -0.2) is 12.6 Å². The molecular weight excluding hydrogens is 220 g/mol. The van der Waals surface area contributed by atoms with Crippen molar-refractivity contribution in [3.8, 4) is 0 Å². The van der Waals surface area contributed by atoms with Gasteiger partial charge in [-0.05, 0) is 49.3 Å². The maximum Gasteiger partial charge on any atom is 0.0144 e. The van der Waals surface area contributed by atoms with Gasteiger partial charge in [-0.2, -0.15) is 0 Å². The monoisotopic (exact) mass is 241 g/mol. The highest BCUT2D eigenvalue weighted by Crippen LogP contribution is 2.53. The first-order chi connectivity index (χ1) is 8.40. The summed E-state index contributed by atoms with van der Waals surface area (Å²) >= 11 is 0. The average Bonchev–Trinajstić information content (AvgIpc) is 2.39. The van der Waals surface area contributed by atoms with Crippen molar-refractivity contribution >= 4 is 0 Å². The van der Waals surface area contributed by atoms with Gasteiger partial charge < -0.3 is 5.32 Å². The predicted octanol–water partition coefficient (Wildman–Crippen LogP) is 2.55. The van der Waals surface area contributed by atoms with E-state index in [1.54, 1.807) is 11.1 Å². The van der Waals surface area contributed by atoms with Gasteiger partial charge in [0.05, 0.1) is 0 Å². The van der Waals surface area contributed by atoms with Crippen molar-refractivity contribution in [2.75, 3.05) is 6.54 Å². The molecule has 2 fully saturated rings. The molecule has 2 aliphatic carbocycles. The molecule has 2 nitrogen and oxygen atoms in total. The molecule has 3 radical (unpaired) electrons. The second-order valence-electron chi connectivity index (χ2n) is 6.18. The molecule has 1 heterocycles. The molecule has 1 aromatic rings. The summed E-state index contributed by atoms with van der Waals surface area (Å²) < 4.78 is 0.